The number of hydrogen-bond donors (Lipinski definition) is 2. The zero-order valence-corrected chi connectivity index (χ0v) is 30.2. The Labute approximate surface area is 297 Å². The van der Waals surface area contributed by atoms with Gasteiger partial charge in [0, 0.05) is 82.1 Å². The van der Waals surface area contributed by atoms with Crippen molar-refractivity contribution in [1.82, 2.24) is 4.90 Å². The fraction of sp³-hybridized carbons (Fsp3) is 0.737. The molecule has 8 rings (SSSR count). The zero-order valence-electron chi connectivity index (χ0n) is 30.2. The molecule has 1 aromatic rings. The molecule has 2 saturated heterocycles. The van der Waals surface area contributed by atoms with Gasteiger partial charge in [0.25, 0.3) is 0 Å². The summed E-state index contributed by atoms with van der Waals surface area (Å²) in [6, 6.07) is 5.95. The van der Waals surface area contributed by atoms with E-state index in [1.165, 1.54) is 6.92 Å². The van der Waals surface area contributed by atoms with Gasteiger partial charge in [-0.05, 0) is 43.9 Å². The first kappa shape index (κ1) is 35.1. The molecule has 13 heteroatoms. The number of ether oxygens (including phenoxy) is 5. The Morgan fingerprint density at radius 2 is 1.80 bits per heavy atom. The van der Waals surface area contributed by atoms with Crippen molar-refractivity contribution in [2.24, 2.45) is 40.4 Å². The van der Waals surface area contributed by atoms with Gasteiger partial charge in [0.15, 0.2) is 0 Å². The fourth-order valence-corrected chi connectivity index (χ4v) is 13.2. The van der Waals surface area contributed by atoms with Crippen LogP contribution in [-0.4, -0.2) is 122 Å². The Morgan fingerprint density at radius 1 is 1.06 bits per heavy atom. The number of likely N-dealkylation sites (tertiary alicyclic amines) is 1. The molecule has 2 aliphatic heterocycles. The lowest BCUT2D eigenvalue weighted by atomic mass is 9.42. The highest BCUT2D eigenvalue weighted by molar-refractivity contribution is 6.22. The average Bonchev–Trinajstić information content (AvgIpc) is 3.61. The number of carbonyl (C=O) groups is 4. The monoisotopic (exact) mass is 710 g/mol. The standard InChI is InChI=1S/C38H50N2O11/c1-7-39-17-35(18-50-33(44)21-10-8-9-11-24(21)40-27(42)14-19(2)32(40)43)13-12-26(48-5)37-23-15-22-25(47-4)16-36(45,28(23)29(22)51-20(3)41)38(46,34(37)39)31(49-6)30(35)37/h8-11,19,22-23,25-26,28-31,34,45-46H,7,12-18H2,1-6H3/t19?,22-,23?,25+,26?,28?,29?,30?,31?,34?,35+,36-,37?,38-/m1/s1. The van der Waals surface area contributed by atoms with Crippen molar-refractivity contribution >= 4 is 29.4 Å². The number of fused-ring (bicyclic) bond motifs is 2. The number of rotatable bonds is 9. The molecule has 9 unspecified atom stereocenters. The van der Waals surface area contributed by atoms with Crippen LogP contribution in [0.5, 0.6) is 0 Å². The number of aliphatic hydroxyl groups is 2. The van der Waals surface area contributed by atoms with Crippen molar-refractivity contribution in [2.75, 3.05) is 45.9 Å². The molecule has 7 fully saturated rings. The summed E-state index contributed by atoms with van der Waals surface area (Å²) in [7, 11) is 4.85. The van der Waals surface area contributed by atoms with Crippen LogP contribution < -0.4 is 4.90 Å². The molecule has 2 amide bonds. The Morgan fingerprint density at radius 3 is 2.43 bits per heavy atom. The molecule has 14 atom stereocenters. The molecule has 5 aliphatic carbocycles. The highest BCUT2D eigenvalue weighted by Gasteiger charge is 2.92. The van der Waals surface area contributed by atoms with Crippen LogP contribution in [0.15, 0.2) is 24.3 Å². The van der Waals surface area contributed by atoms with Crippen LogP contribution in [0.4, 0.5) is 5.69 Å². The van der Waals surface area contributed by atoms with Gasteiger partial charge in [0.2, 0.25) is 11.8 Å². The third-order valence-corrected chi connectivity index (χ3v) is 14.6. The van der Waals surface area contributed by atoms with E-state index in [0.717, 1.165) is 4.90 Å². The van der Waals surface area contributed by atoms with E-state index in [1.807, 2.05) is 6.92 Å². The summed E-state index contributed by atoms with van der Waals surface area (Å²) in [5.74, 6) is -3.74. The van der Waals surface area contributed by atoms with E-state index >= 15 is 0 Å². The SMILES string of the molecule is CCN1C[C@]2(COC(=O)c3ccccc3N3C(=O)CC(C)C3=O)CCC(OC)C34C5C[C@H]6C(OC(C)=O)C5[C@](O)(C[C@@H]6OC)[C@@](O)(C(OC)C32)C14. The number of carbonyl (C=O) groups excluding carboxylic acids is 4. The van der Waals surface area contributed by atoms with Gasteiger partial charge >= 0.3 is 11.9 Å². The number of benzene rings is 1. The molecule has 5 saturated carbocycles. The second-order valence-electron chi connectivity index (χ2n) is 16.3. The molecular weight excluding hydrogens is 660 g/mol. The van der Waals surface area contributed by atoms with Gasteiger partial charge in [-0.1, -0.05) is 26.0 Å². The number of nitrogens with zero attached hydrogens (tertiary/aromatic N) is 2. The Hall–Kier alpha value is -2.94. The molecule has 1 aromatic carbocycles. The van der Waals surface area contributed by atoms with E-state index < -0.39 is 76.1 Å². The topological polar surface area (TPSA) is 161 Å². The second kappa shape index (κ2) is 11.8. The van der Waals surface area contributed by atoms with Crippen molar-refractivity contribution in [2.45, 2.75) is 94.5 Å². The summed E-state index contributed by atoms with van der Waals surface area (Å²) in [4.78, 5) is 55.9. The van der Waals surface area contributed by atoms with E-state index in [0.29, 0.717) is 32.4 Å². The Bertz CT molecular complexity index is 1650. The summed E-state index contributed by atoms with van der Waals surface area (Å²) < 4.78 is 31.1. The van der Waals surface area contributed by atoms with Crippen LogP contribution in [0, 0.1) is 40.4 Å². The van der Waals surface area contributed by atoms with Gasteiger partial charge in [0.05, 0.1) is 42.2 Å². The fourth-order valence-electron chi connectivity index (χ4n) is 13.2. The van der Waals surface area contributed by atoms with Gasteiger partial charge in [-0.3, -0.25) is 19.3 Å². The molecule has 7 bridgehead atoms. The van der Waals surface area contributed by atoms with Gasteiger partial charge in [-0.25, -0.2) is 9.69 Å². The minimum Gasteiger partial charge on any atom is -0.462 e. The summed E-state index contributed by atoms with van der Waals surface area (Å²) >= 11 is 0. The molecular formula is C38H50N2O11. The number of hydrogen-bond acceptors (Lipinski definition) is 12. The van der Waals surface area contributed by atoms with Gasteiger partial charge in [-0.15, -0.1) is 0 Å². The molecule has 51 heavy (non-hydrogen) atoms. The summed E-state index contributed by atoms with van der Waals surface area (Å²) in [6.07, 6.45) is -0.303. The molecule has 13 nitrogen and oxygen atoms in total. The number of anilines is 1. The first-order chi connectivity index (χ1) is 24.3. The first-order valence-electron chi connectivity index (χ1n) is 18.4. The number of methoxy groups -OCH3 is 3. The summed E-state index contributed by atoms with van der Waals surface area (Å²) in [5.41, 5.74) is -4.72. The summed E-state index contributed by atoms with van der Waals surface area (Å²) in [5, 5.41) is 26.7. The van der Waals surface area contributed by atoms with Crippen LogP contribution in [-0.2, 0) is 38.1 Å². The molecule has 1 spiro atoms. The normalized spacial score (nSPS) is 46.4. The Balaban J connectivity index is 1.24. The highest BCUT2D eigenvalue weighted by atomic mass is 16.6. The maximum Gasteiger partial charge on any atom is 0.340 e. The van der Waals surface area contributed by atoms with E-state index in [9.17, 15) is 29.4 Å². The van der Waals surface area contributed by atoms with E-state index in [1.54, 1.807) is 52.5 Å². The molecule has 2 heterocycles. The minimum atomic E-state index is -1.82. The molecule has 0 aromatic heterocycles. The van der Waals surface area contributed by atoms with Crippen molar-refractivity contribution in [3.8, 4) is 0 Å². The second-order valence-corrected chi connectivity index (χ2v) is 16.3. The number of piperidine rings is 1. The van der Waals surface area contributed by atoms with Crippen LogP contribution in [0.25, 0.3) is 0 Å². The lowest BCUT2D eigenvalue weighted by Gasteiger charge is -2.70. The average molecular weight is 711 g/mol. The Kier molecular flexibility index (Phi) is 8.11. The molecule has 0 radical (unpaired) electrons. The smallest absolute Gasteiger partial charge is 0.340 e. The number of likely N-dealkylation sites (N-methyl/N-ethyl adjacent to an activating group) is 1. The maximum absolute atomic E-state index is 14.1. The van der Waals surface area contributed by atoms with Crippen molar-refractivity contribution in [3.05, 3.63) is 29.8 Å². The van der Waals surface area contributed by atoms with Crippen LogP contribution in [0.3, 0.4) is 0 Å². The number of amides is 2. The predicted octanol–water partition coefficient (Wildman–Crippen LogP) is 1.95. The van der Waals surface area contributed by atoms with Gasteiger partial charge < -0.3 is 33.9 Å². The van der Waals surface area contributed by atoms with Crippen LogP contribution >= 0.6 is 0 Å². The number of para-hydroxylation sites is 1. The van der Waals surface area contributed by atoms with E-state index in [4.69, 9.17) is 23.7 Å². The molecule has 7 aliphatic rings. The zero-order chi connectivity index (χ0) is 36.4. The van der Waals surface area contributed by atoms with Crippen molar-refractivity contribution in [3.63, 3.8) is 0 Å². The van der Waals surface area contributed by atoms with Crippen LogP contribution in [0.2, 0.25) is 0 Å². The predicted molar refractivity (Wildman–Crippen MR) is 179 cm³/mol. The third-order valence-electron chi connectivity index (χ3n) is 14.6. The first-order valence-corrected chi connectivity index (χ1v) is 18.4. The number of imide groups is 1. The lowest BCUT2D eigenvalue weighted by Crippen LogP contribution is -2.82. The van der Waals surface area contributed by atoms with E-state index in [-0.39, 0.29) is 60.5 Å². The number of esters is 2. The van der Waals surface area contributed by atoms with Crippen molar-refractivity contribution < 1.29 is 53.1 Å². The van der Waals surface area contributed by atoms with Gasteiger partial charge in [0.1, 0.15) is 17.3 Å². The lowest BCUT2D eigenvalue weighted by molar-refractivity contribution is -0.319. The molecule has 2 N–H and O–H groups in total. The van der Waals surface area contributed by atoms with Crippen LogP contribution in [0.1, 0.15) is 63.2 Å². The van der Waals surface area contributed by atoms with Gasteiger partial charge in [-0.2, -0.15) is 0 Å². The van der Waals surface area contributed by atoms with Crippen molar-refractivity contribution in [1.29, 1.82) is 0 Å². The maximum atomic E-state index is 14.1. The minimum absolute atomic E-state index is 0.0201. The summed E-state index contributed by atoms with van der Waals surface area (Å²) in [6.45, 7) is 6.10. The highest BCUT2D eigenvalue weighted by Crippen LogP contribution is 2.80. The largest absolute Gasteiger partial charge is 0.462 e. The third kappa shape index (κ3) is 4.19. The quantitative estimate of drug-likeness (QED) is 0.284. The van der Waals surface area contributed by atoms with E-state index in [2.05, 4.69) is 4.90 Å². The molecule has 278 valence electrons.